The first-order valence-corrected chi connectivity index (χ1v) is 9.87. The molecule has 0 saturated heterocycles. The van der Waals surface area contributed by atoms with Gasteiger partial charge in [0.05, 0.1) is 6.10 Å². The van der Waals surface area contributed by atoms with Gasteiger partial charge in [-0.3, -0.25) is 4.79 Å². The molecule has 0 amide bonds. The van der Waals surface area contributed by atoms with Gasteiger partial charge < -0.3 is 15.3 Å². The van der Waals surface area contributed by atoms with Gasteiger partial charge in [-0.25, -0.2) is 4.39 Å². The molecule has 148 valence electrons. The summed E-state index contributed by atoms with van der Waals surface area (Å²) in [4.78, 5) is 12.5. The number of rotatable bonds is 2. The molecule has 8 atom stereocenters. The molecule has 0 spiro atoms. The van der Waals surface area contributed by atoms with Gasteiger partial charge >= 0.3 is 0 Å². The number of fused-ring (bicyclic) bond motifs is 5. The highest BCUT2D eigenvalue weighted by Gasteiger charge is 2.75. The van der Waals surface area contributed by atoms with E-state index in [9.17, 15) is 20.1 Å². The normalized spacial score (nSPS) is 53.4. The summed E-state index contributed by atoms with van der Waals surface area (Å²) in [5.41, 5.74) is -4.64. The average molecular weight is 376 g/mol. The van der Waals surface area contributed by atoms with E-state index in [2.05, 4.69) is 0 Å². The van der Waals surface area contributed by atoms with Gasteiger partial charge in [-0.15, -0.1) is 0 Å². The van der Waals surface area contributed by atoms with Crippen LogP contribution < -0.4 is 0 Å². The number of hydrogen-bond acceptors (Lipinski definition) is 4. The van der Waals surface area contributed by atoms with Crippen molar-refractivity contribution in [2.75, 3.05) is 6.61 Å². The quantitative estimate of drug-likeness (QED) is 0.692. The van der Waals surface area contributed by atoms with Crippen LogP contribution in [0.4, 0.5) is 4.39 Å². The van der Waals surface area contributed by atoms with Crippen molar-refractivity contribution in [3.8, 4) is 0 Å². The second kappa shape index (κ2) is 5.62. The Morgan fingerprint density at radius 1 is 1.30 bits per heavy atom. The van der Waals surface area contributed by atoms with Gasteiger partial charge in [0, 0.05) is 16.7 Å². The zero-order chi connectivity index (χ0) is 19.8. The SMILES string of the molecule is C[C@H]1C[C@H]2[C@@H]3CC=C4C=CC=C[C@]4(C)[C@@]3(F)[C@@H](O)C[C@]2(C)[C@@]1(O)C(=O)CO. The lowest BCUT2D eigenvalue weighted by Gasteiger charge is -2.61. The monoisotopic (exact) mass is 376 g/mol. The molecule has 3 N–H and O–H groups in total. The Balaban J connectivity index is 1.86. The average Bonchev–Trinajstić information content (AvgIpc) is 2.83. The predicted octanol–water partition coefficient (Wildman–Crippen LogP) is 2.49. The summed E-state index contributed by atoms with van der Waals surface area (Å²) in [5, 5.41) is 32.0. The van der Waals surface area contributed by atoms with Gasteiger partial charge in [0.1, 0.15) is 12.2 Å². The van der Waals surface area contributed by atoms with E-state index in [0.29, 0.717) is 12.8 Å². The minimum Gasteiger partial charge on any atom is -0.390 e. The molecule has 0 aromatic rings. The van der Waals surface area contributed by atoms with Crippen molar-refractivity contribution in [2.45, 2.75) is 57.4 Å². The van der Waals surface area contributed by atoms with Crippen LogP contribution in [0.15, 0.2) is 36.0 Å². The van der Waals surface area contributed by atoms with E-state index in [1.165, 1.54) is 0 Å². The number of alkyl halides is 1. The molecular formula is C22H29FO4. The van der Waals surface area contributed by atoms with E-state index in [1.807, 2.05) is 37.3 Å². The number of aliphatic hydroxyl groups is 3. The smallest absolute Gasteiger partial charge is 0.190 e. The molecule has 0 aliphatic heterocycles. The maximum absolute atomic E-state index is 16.8. The Hall–Kier alpha value is -1.30. The Labute approximate surface area is 159 Å². The number of carbonyl (C=O) groups is 1. The van der Waals surface area contributed by atoms with Crippen molar-refractivity contribution in [2.24, 2.45) is 28.6 Å². The number of aliphatic hydroxyl groups excluding tert-OH is 2. The molecule has 27 heavy (non-hydrogen) atoms. The lowest BCUT2D eigenvalue weighted by Crippen LogP contribution is -2.68. The molecule has 4 aliphatic rings. The fourth-order valence-corrected chi connectivity index (χ4v) is 7.00. The van der Waals surface area contributed by atoms with Crippen LogP contribution in [-0.2, 0) is 4.79 Å². The van der Waals surface area contributed by atoms with Crippen LogP contribution in [0.2, 0.25) is 0 Å². The molecule has 0 unspecified atom stereocenters. The second-order valence-corrected chi connectivity index (χ2v) is 9.42. The number of ketones is 1. The fourth-order valence-electron chi connectivity index (χ4n) is 7.00. The molecule has 0 aromatic carbocycles. The topological polar surface area (TPSA) is 77.8 Å². The minimum atomic E-state index is -1.87. The molecule has 4 aliphatic carbocycles. The molecule has 2 fully saturated rings. The highest BCUT2D eigenvalue weighted by molar-refractivity contribution is 5.90. The summed E-state index contributed by atoms with van der Waals surface area (Å²) in [6, 6.07) is 0. The van der Waals surface area contributed by atoms with Crippen molar-refractivity contribution >= 4 is 5.78 Å². The molecule has 4 rings (SSSR count). The van der Waals surface area contributed by atoms with Crippen molar-refractivity contribution in [3.05, 3.63) is 36.0 Å². The first kappa shape index (κ1) is 19.0. The van der Waals surface area contributed by atoms with E-state index in [-0.39, 0.29) is 12.3 Å². The predicted molar refractivity (Wildman–Crippen MR) is 99.5 cm³/mol. The number of carbonyl (C=O) groups excluding carboxylic acids is 1. The molecule has 4 nitrogen and oxygen atoms in total. The number of halogens is 1. The third kappa shape index (κ3) is 1.95. The second-order valence-electron chi connectivity index (χ2n) is 9.42. The van der Waals surface area contributed by atoms with Crippen molar-refractivity contribution in [1.82, 2.24) is 0 Å². The summed E-state index contributed by atoms with van der Waals surface area (Å²) in [6.07, 6.45) is 9.14. The zero-order valence-electron chi connectivity index (χ0n) is 16.2. The first-order chi connectivity index (χ1) is 12.6. The molecular weight excluding hydrogens is 347 g/mol. The zero-order valence-corrected chi connectivity index (χ0v) is 16.2. The summed E-state index contributed by atoms with van der Waals surface area (Å²) < 4.78 is 16.8. The van der Waals surface area contributed by atoms with Crippen LogP contribution >= 0.6 is 0 Å². The lowest BCUT2D eigenvalue weighted by molar-refractivity contribution is -0.214. The van der Waals surface area contributed by atoms with E-state index >= 15 is 4.39 Å². The Bertz CT molecular complexity index is 772. The summed E-state index contributed by atoms with van der Waals surface area (Å²) >= 11 is 0. The maximum Gasteiger partial charge on any atom is 0.190 e. The van der Waals surface area contributed by atoms with E-state index in [1.54, 1.807) is 13.8 Å². The third-order valence-electron chi connectivity index (χ3n) is 8.51. The van der Waals surface area contributed by atoms with Gasteiger partial charge in [0.15, 0.2) is 11.5 Å². The van der Waals surface area contributed by atoms with Crippen LogP contribution in [0, 0.1) is 28.6 Å². The van der Waals surface area contributed by atoms with Gasteiger partial charge in [-0.1, -0.05) is 44.2 Å². The van der Waals surface area contributed by atoms with E-state index in [4.69, 9.17) is 0 Å². The Kier molecular flexibility index (Phi) is 3.96. The Morgan fingerprint density at radius 2 is 2.00 bits per heavy atom. The van der Waals surface area contributed by atoms with Crippen molar-refractivity contribution < 1.29 is 24.5 Å². The highest BCUT2D eigenvalue weighted by atomic mass is 19.1. The van der Waals surface area contributed by atoms with Crippen LogP contribution in [0.3, 0.4) is 0 Å². The Morgan fingerprint density at radius 3 is 2.67 bits per heavy atom. The summed E-state index contributed by atoms with van der Waals surface area (Å²) in [7, 11) is 0. The maximum atomic E-state index is 16.8. The van der Waals surface area contributed by atoms with Crippen molar-refractivity contribution in [1.29, 1.82) is 0 Å². The molecule has 2 saturated carbocycles. The van der Waals surface area contributed by atoms with Crippen LogP contribution in [-0.4, -0.2) is 45.1 Å². The largest absolute Gasteiger partial charge is 0.390 e. The van der Waals surface area contributed by atoms with E-state index in [0.717, 1.165) is 5.57 Å². The number of allylic oxidation sites excluding steroid dienone is 6. The standard InChI is InChI=1S/C22H29FO4/c1-13-10-16-15-8-7-14-6-4-5-9-19(14,2)21(15,23)17(25)11-20(16,3)22(13,27)18(26)12-24/h4-7,9,13,15-17,24-25,27H,8,10-12H2,1-3H3/t13-,15-,16-,17-,19-,20-,21-,22-/m0/s1. The third-order valence-corrected chi connectivity index (χ3v) is 8.51. The van der Waals surface area contributed by atoms with Gasteiger partial charge in [-0.05, 0) is 43.6 Å². The lowest BCUT2D eigenvalue weighted by atomic mass is 9.45. The summed E-state index contributed by atoms with van der Waals surface area (Å²) in [6.45, 7) is 4.66. The first-order valence-electron chi connectivity index (χ1n) is 9.87. The molecule has 5 heteroatoms. The molecule has 0 aromatic heterocycles. The number of Topliss-reactive ketones (excluding diaryl/α,β-unsaturated/α-hetero) is 1. The van der Waals surface area contributed by atoms with Crippen molar-refractivity contribution in [3.63, 3.8) is 0 Å². The van der Waals surface area contributed by atoms with Gasteiger partial charge in [0.2, 0.25) is 0 Å². The highest BCUT2D eigenvalue weighted by Crippen LogP contribution is 2.69. The number of hydrogen-bond donors (Lipinski definition) is 3. The minimum absolute atomic E-state index is 0.00231. The van der Waals surface area contributed by atoms with Gasteiger partial charge in [0.25, 0.3) is 0 Å². The van der Waals surface area contributed by atoms with Crippen LogP contribution in [0.1, 0.15) is 40.0 Å². The van der Waals surface area contributed by atoms with E-state index < -0.39 is 52.4 Å². The van der Waals surface area contributed by atoms with Gasteiger partial charge in [-0.2, -0.15) is 0 Å². The molecule has 0 heterocycles. The molecule has 0 radical (unpaired) electrons. The molecule has 0 bridgehead atoms. The summed E-state index contributed by atoms with van der Waals surface area (Å²) in [5.74, 6) is -1.78. The fraction of sp³-hybridized carbons (Fsp3) is 0.682. The van der Waals surface area contributed by atoms with Crippen LogP contribution in [0.25, 0.3) is 0 Å². The van der Waals surface area contributed by atoms with Crippen LogP contribution in [0.5, 0.6) is 0 Å².